The third kappa shape index (κ3) is 2.62. The molecule has 2 heteroatoms. The van der Waals surface area contributed by atoms with Gasteiger partial charge in [0.25, 0.3) is 0 Å². The minimum absolute atomic E-state index is 0.0136. The van der Waals surface area contributed by atoms with E-state index in [1.54, 1.807) is 0 Å². The smallest absolute Gasteiger partial charge is 0.136 e. The molecule has 2 N–H and O–H groups in total. The van der Waals surface area contributed by atoms with Gasteiger partial charge in [-0.15, -0.1) is 0 Å². The highest BCUT2D eigenvalue weighted by Gasteiger charge is 2.32. The third-order valence-corrected chi connectivity index (χ3v) is 2.24. The number of Topliss-reactive ketones (excluding diaryl/α,β-unsaturated/α-hetero) is 1. The van der Waals surface area contributed by atoms with Crippen LogP contribution in [-0.4, -0.2) is 12.3 Å². The van der Waals surface area contributed by atoms with Crippen molar-refractivity contribution < 1.29 is 4.79 Å². The highest BCUT2D eigenvalue weighted by molar-refractivity contribution is 5.83. The molecular weight excluding hydrogens is 138 g/mol. The Bertz CT molecular complexity index is 159. The van der Waals surface area contributed by atoms with Crippen LogP contribution in [0.5, 0.6) is 0 Å². The van der Waals surface area contributed by atoms with Crippen LogP contribution in [0.4, 0.5) is 0 Å². The van der Waals surface area contributed by atoms with Crippen LogP contribution in [0.2, 0.25) is 0 Å². The van der Waals surface area contributed by atoms with E-state index < -0.39 is 0 Å². The van der Waals surface area contributed by atoms with Crippen molar-refractivity contribution in [2.45, 2.75) is 33.1 Å². The molecule has 0 atom stereocenters. The maximum Gasteiger partial charge on any atom is 0.136 e. The van der Waals surface area contributed by atoms with Gasteiger partial charge in [-0.1, -0.05) is 13.8 Å². The summed E-state index contributed by atoms with van der Waals surface area (Å²) in [5.41, 5.74) is 5.54. The van der Waals surface area contributed by atoms with E-state index in [1.165, 1.54) is 0 Å². The molecule has 0 spiro atoms. The second-order valence-corrected chi connectivity index (χ2v) is 4.29. The fourth-order valence-corrected chi connectivity index (χ4v) is 1.09. The highest BCUT2D eigenvalue weighted by Crippen LogP contribution is 2.34. The SMILES string of the molecule is CC(C)(CN)CC(=O)C1CC1. The number of hydrogen-bond donors (Lipinski definition) is 1. The summed E-state index contributed by atoms with van der Waals surface area (Å²) in [6, 6.07) is 0. The Kier molecular flexibility index (Phi) is 2.33. The Balaban J connectivity index is 2.33. The molecule has 0 aromatic heterocycles. The first-order valence-electron chi connectivity index (χ1n) is 4.28. The van der Waals surface area contributed by atoms with Crippen LogP contribution in [0.3, 0.4) is 0 Å². The van der Waals surface area contributed by atoms with Crippen molar-refractivity contribution in [1.29, 1.82) is 0 Å². The molecule has 64 valence electrons. The van der Waals surface area contributed by atoms with Gasteiger partial charge in [0.05, 0.1) is 0 Å². The summed E-state index contributed by atoms with van der Waals surface area (Å²) in [6.45, 7) is 4.70. The van der Waals surface area contributed by atoms with Gasteiger partial charge in [0.2, 0.25) is 0 Å². The van der Waals surface area contributed by atoms with Crippen molar-refractivity contribution in [1.82, 2.24) is 0 Å². The molecule has 0 radical (unpaired) electrons. The molecule has 0 amide bonds. The Hall–Kier alpha value is -0.370. The maximum absolute atomic E-state index is 11.3. The first-order valence-corrected chi connectivity index (χ1v) is 4.28. The summed E-state index contributed by atoms with van der Waals surface area (Å²) >= 11 is 0. The average molecular weight is 155 g/mol. The van der Waals surface area contributed by atoms with Gasteiger partial charge in [-0.3, -0.25) is 4.79 Å². The zero-order valence-electron chi connectivity index (χ0n) is 7.39. The van der Waals surface area contributed by atoms with Crippen molar-refractivity contribution >= 4 is 5.78 Å². The van der Waals surface area contributed by atoms with Gasteiger partial charge in [-0.2, -0.15) is 0 Å². The predicted octanol–water partition coefficient (Wildman–Crippen LogP) is 1.34. The fraction of sp³-hybridized carbons (Fsp3) is 0.889. The van der Waals surface area contributed by atoms with Crippen molar-refractivity contribution in [2.24, 2.45) is 17.1 Å². The Morgan fingerprint density at radius 2 is 2.09 bits per heavy atom. The van der Waals surface area contributed by atoms with E-state index >= 15 is 0 Å². The molecule has 0 aromatic rings. The molecule has 1 saturated carbocycles. The molecule has 0 aromatic carbocycles. The van der Waals surface area contributed by atoms with E-state index in [-0.39, 0.29) is 5.41 Å². The largest absolute Gasteiger partial charge is 0.330 e. The molecule has 2 nitrogen and oxygen atoms in total. The lowest BCUT2D eigenvalue weighted by Gasteiger charge is -2.20. The van der Waals surface area contributed by atoms with Crippen molar-refractivity contribution in [2.75, 3.05) is 6.54 Å². The van der Waals surface area contributed by atoms with Crippen molar-refractivity contribution in [3.05, 3.63) is 0 Å². The number of rotatable bonds is 4. The van der Waals surface area contributed by atoms with Crippen LogP contribution in [-0.2, 0) is 4.79 Å². The lowest BCUT2D eigenvalue weighted by Crippen LogP contribution is -2.27. The van der Waals surface area contributed by atoms with Crippen LogP contribution in [0, 0.1) is 11.3 Å². The molecule has 0 bridgehead atoms. The van der Waals surface area contributed by atoms with Gasteiger partial charge in [0.1, 0.15) is 5.78 Å². The van der Waals surface area contributed by atoms with Crippen LogP contribution in [0.15, 0.2) is 0 Å². The van der Waals surface area contributed by atoms with E-state index in [4.69, 9.17) is 5.73 Å². The number of nitrogens with two attached hydrogens (primary N) is 1. The topological polar surface area (TPSA) is 43.1 Å². The molecular formula is C9H17NO. The minimum atomic E-state index is 0.0136. The Labute approximate surface area is 68.2 Å². The van der Waals surface area contributed by atoms with Crippen molar-refractivity contribution in [3.8, 4) is 0 Å². The van der Waals surface area contributed by atoms with Gasteiger partial charge in [0.15, 0.2) is 0 Å². The summed E-state index contributed by atoms with van der Waals surface area (Å²) in [6.07, 6.45) is 2.88. The number of ketones is 1. The summed E-state index contributed by atoms with van der Waals surface area (Å²) in [7, 11) is 0. The second kappa shape index (κ2) is 2.94. The number of carbonyl (C=O) groups excluding carboxylic acids is 1. The van der Waals surface area contributed by atoms with Crippen LogP contribution in [0.25, 0.3) is 0 Å². The normalized spacial score (nSPS) is 18.5. The van der Waals surface area contributed by atoms with E-state index in [1.807, 2.05) is 13.8 Å². The Morgan fingerprint density at radius 1 is 1.55 bits per heavy atom. The number of hydrogen-bond acceptors (Lipinski definition) is 2. The summed E-state index contributed by atoms with van der Waals surface area (Å²) in [5.74, 6) is 0.807. The summed E-state index contributed by atoms with van der Waals surface area (Å²) in [4.78, 5) is 11.3. The molecule has 0 saturated heterocycles. The minimum Gasteiger partial charge on any atom is -0.330 e. The lowest BCUT2D eigenvalue weighted by atomic mass is 9.86. The van der Waals surface area contributed by atoms with Gasteiger partial charge in [0, 0.05) is 12.3 Å². The van der Waals surface area contributed by atoms with E-state index in [0.717, 1.165) is 12.8 Å². The standard InChI is InChI=1S/C9H17NO/c1-9(2,6-10)5-8(11)7-3-4-7/h7H,3-6,10H2,1-2H3. The van der Waals surface area contributed by atoms with Crippen LogP contribution >= 0.6 is 0 Å². The molecule has 0 unspecified atom stereocenters. The quantitative estimate of drug-likeness (QED) is 0.665. The molecule has 1 aliphatic carbocycles. The molecule has 11 heavy (non-hydrogen) atoms. The molecule has 1 fully saturated rings. The van der Waals surface area contributed by atoms with E-state index in [9.17, 15) is 4.79 Å². The van der Waals surface area contributed by atoms with E-state index in [0.29, 0.717) is 24.7 Å². The predicted molar refractivity (Wildman–Crippen MR) is 45.2 cm³/mol. The maximum atomic E-state index is 11.3. The summed E-state index contributed by atoms with van der Waals surface area (Å²) < 4.78 is 0. The van der Waals surface area contributed by atoms with E-state index in [2.05, 4.69) is 0 Å². The zero-order valence-corrected chi connectivity index (χ0v) is 7.39. The average Bonchev–Trinajstić information content (AvgIpc) is 2.67. The van der Waals surface area contributed by atoms with Crippen molar-refractivity contribution in [3.63, 3.8) is 0 Å². The molecule has 1 aliphatic rings. The molecule has 1 rings (SSSR count). The zero-order chi connectivity index (χ0) is 8.48. The first kappa shape index (κ1) is 8.72. The van der Waals surface area contributed by atoms with Gasteiger partial charge >= 0.3 is 0 Å². The van der Waals surface area contributed by atoms with Crippen LogP contribution in [0.1, 0.15) is 33.1 Å². The van der Waals surface area contributed by atoms with Gasteiger partial charge in [-0.05, 0) is 24.8 Å². The van der Waals surface area contributed by atoms with Gasteiger partial charge < -0.3 is 5.73 Å². The van der Waals surface area contributed by atoms with Gasteiger partial charge in [-0.25, -0.2) is 0 Å². The Morgan fingerprint density at radius 3 is 2.45 bits per heavy atom. The fourth-order valence-electron chi connectivity index (χ4n) is 1.09. The first-order chi connectivity index (χ1) is 5.05. The second-order valence-electron chi connectivity index (χ2n) is 4.29. The molecule has 0 aliphatic heterocycles. The number of carbonyl (C=O) groups is 1. The third-order valence-electron chi connectivity index (χ3n) is 2.24. The monoisotopic (exact) mass is 155 g/mol. The highest BCUT2D eigenvalue weighted by atomic mass is 16.1. The lowest BCUT2D eigenvalue weighted by molar-refractivity contribution is -0.122. The van der Waals surface area contributed by atoms with Crippen LogP contribution < -0.4 is 5.73 Å². The summed E-state index contributed by atoms with van der Waals surface area (Å²) in [5, 5.41) is 0. The molecule has 0 heterocycles.